The third-order valence-electron chi connectivity index (χ3n) is 5.41. The van der Waals surface area contributed by atoms with Gasteiger partial charge in [0.2, 0.25) is 0 Å². The van der Waals surface area contributed by atoms with Gasteiger partial charge < -0.3 is 14.4 Å². The van der Waals surface area contributed by atoms with Gasteiger partial charge in [-0.05, 0) is 56.3 Å². The number of hydrogen-bond donors (Lipinski definition) is 1. The Hall–Kier alpha value is -2.94. The molecule has 7 nitrogen and oxygen atoms in total. The molecule has 0 aliphatic heterocycles. The van der Waals surface area contributed by atoms with Crippen LogP contribution < -0.4 is 10.9 Å². The van der Waals surface area contributed by atoms with Crippen LogP contribution in [-0.4, -0.2) is 23.0 Å². The molecule has 0 aliphatic rings. The fraction of sp³-hybridized carbons (Fsp3) is 0.185. The van der Waals surface area contributed by atoms with Crippen LogP contribution in [0.3, 0.4) is 0 Å². The zero-order valence-corrected chi connectivity index (χ0v) is 23.2. The quantitative estimate of drug-likeness (QED) is 0.185. The number of anilines is 1. The third-order valence-corrected chi connectivity index (χ3v) is 9.20. The van der Waals surface area contributed by atoms with Gasteiger partial charge in [-0.25, -0.2) is 4.39 Å². The molecule has 0 saturated carbocycles. The zero-order valence-electron chi connectivity index (χ0n) is 20.7. The van der Waals surface area contributed by atoms with Gasteiger partial charge in [0.1, 0.15) is 10.8 Å². The van der Waals surface area contributed by atoms with E-state index in [9.17, 15) is 13.8 Å². The van der Waals surface area contributed by atoms with Gasteiger partial charge in [0.25, 0.3) is 5.56 Å². The van der Waals surface area contributed by atoms with Crippen LogP contribution in [0.25, 0.3) is 5.69 Å². The normalized spacial score (nSPS) is 12.3. The molecule has 1 unspecified atom stereocenters. The Bertz CT molecular complexity index is 1480. The topological polar surface area (TPSA) is 82.4 Å². The van der Waals surface area contributed by atoms with E-state index in [1.165, 1.54) is 22.5 Å². The minimum Gasteiger partial charge on any atom is -0.368 e. The third kappa shape index (κ3) is 6.37. The van der Waals surface area contributed by atoms with E-state index in [1.807, 2.05) is 18.2 Å². The molecule has 0 spiro atoms. The Morgan fingerprint density at radius 1 is 1.00 bits per heavy atom. The molecule has 0 aliphatic carbocycles. The molecule has 3 aromatic carbocycles. The van der Waals surface area contributed by atoms with E-state index in [1.54, 1.807) is 74.6 Å². The highest BCUT2D eigenvalue weighted by Gasteiger charge is 2.38. The lowest BCUT2D eigenvalue weighted by molar-refractivity contribution is 0.213. The van der Waals surface area contributed by atoms with Gasteiger partial charge in [0.05, 0.1) is 30.0 Å². The first-order chi connectivity index (χ1) is 18.4. The summed E-state index contributed by atoms with van der Waals surface area (Å²) in [5, 5.41) is 7.45. The van der Waals surface area contributed by atoms with Crippen LogP contribution in [0.2, 0.25) is 5.02 Å². The number of nitrogens with one attached hydrogen (secondary N) is 1. The number of benzene rings is 3. The van der Waals surface area contributed by atoms with Crippen molar-refractivity contribution in [3.63, 3.8) is 0 Å². The number of para-hydroxylation sites is 1. The summed E-state index contributed by atoms with van der Waals surface area (Å²) < 4.78 is 40.7. The minimum absolute atomic E-state index is 0.0602. The van der Waals surface area contributed by atoms with Gasteiger partial charge in [0.15, 0.2) is 5.78 Å². The molecule has 0 radical (unpaired) electrons. The second-order valence-corrected chi connectivity index (χ2v) is 11.6. The van der Waals surface area contributed by atoms with Crippen molar-refractivity contribution in [2.75, 3.05) is 18.5 Å². The van der Waals surface area contributed by atoms with Crippen molar-refractivity contribution < 1.29 is 18.0 Å². The summed E-state index contributed by atoms with van der Waals surface area (Å²) in [5.41, 5.74) is 0.947. The van der Waals surface area contributed by atoms with E-state index in [-0.39, 0.29) is 23.8 Å². The molecule has 0 amide bonds. The van der Waals surface area contributed by atoms with Crippen LogP contribution in [0, 0.1) is 5.82 Å². The van der Waals surface area contributed by atoms with Crippen LogP contribution in [0.1, 0.15) is 25.2 Å². The Morgan fingerprint density at radius 3 is 2.26 bits per heavy atom. The Labute approximate surface area is 229 Å². The van der Waals surface area contributed by atoms with E-state index in [0.29, 0.717) is 16.3 Å². The Balaban J connectivity index is 1.58. The summed E-state index contributed by atoms with van der Waals surface area (Å²) in [4.78, 5) is 14.1. The highest BCUT2D eigenvalue weighted by Crippen LogP contribution is 2.61. The number of halogens is 2. The molecule has 38 heavy (non-hydrogen) atoms. The fourth-order valence-corrected chi connectivity index (χ4v) is 6.71. The molecule has 1 atom stereocenters. The summed E-state index contributed by atoms with van der Waals surface area (Å²) in [6.07, 6.45) is 1.54. The first kappa shape index (κ1) is 28.1. The average molecular weight is 574 g/mol. The molecule has 1 heterocycles. The molecule has 1 N–H and O–H groups in total. The highest BCUT2D eigenvalue weighted by molar-refractivity contribution is 7.99. The van der Waals surface area contributed by atoms with Crippen LogP contribution in [0.4, 0.5) is 10.1 Å². The maximum Gasteiger partial charge on any atom is 0.357 e. The smallest absolute Gasteiger partial charge is 0.357 e. The molecule has 1 aromatic heterocycles. The molecule has 198 valence electrons. The summed E-state index contributed by atoms with van der Waals surface area (Å²) >= 11 is 7.67. The van der Waals surface area contributed by atoms with Crippen LogP contribution in [0.15, 0.2) is 99.6 Å². The summed E-state index contributed by atoms with van der Waals surface area (Å²) in [7, 11) is -3.77. The van der Waals surface area contributed by atoms with Gasteiger partial charge in [-0.1, -0.05) is 59.8 Å². The lowest BCUT2D eigenvalue weighted by Crippen LogP contribution is -2.21. The van der Waals surface area contributed by atoms with Crippen molar-refractivity contribution in [1.29, 1.82) is 0 Å². The molecular formula is C27H26ClFN3O4PS. The minimum atomic E-state index is -3.77. The lowest BCUT2D eigenvalue weighted by Gasteiger charge is -2.28. The highest BCUT2D eigenvalue weighted by atomic mass is 35.5. The van der Waals surface area contributed by atoms with E-state index in [4.69, 9.17) is 20.6 Å². The van der Waals surface area contributed by atoms with Gasteiger partial charge >= 0.3 is 7.60 Å². The molecule has 0 saturated heterocycles. The van der Waals surface area contributed by atoms with Crippen molar-refractivity contribution in [3.05, 3.63) is 112 Å². The van der Waals surface area contributed by atoms with Gasteiger partial charge in [-0.2, -0.15) is 9.78 Å². The van der Waals surface area contributed by atoms with Crippen molar-refractivity contribution >= 4 is 36.6 Å². The average Bonchev–Trinajstić information content (AvgIpc) is 2.92. The fourth-order valence-electron chi connectivity index (χ4n) is 3.72. The van der Waals surface area contributed by atoms with Crippen LogP contribution >= 0.6 is 31.0 Å². The zero-order chi connectivity index (χ0) is 27.1. The molecular weight excluding hydrogens is 548 g/mol. The number of rotatable bonds is 11. The van der Waals surface area contributed by atoms with Gasteiger partial charge in [0, 0.05) is 16.1 Å². The standard InChI is InChI=1S/C27H26ClFN3O4PS/c1-3-35-37(34,36-4-2)26(22-12-8-9-13-23(22)29)31-19-14-16-21(17-15-19)38-24-18-30-32(27(33)25(24)28)20-10-6-5-7-11-20/h5-18,26,31H,3-4H2,1-2H3. The van der Waals surface area contributed by atoms with E-state index in [2.05, 4.69) is 10.4 Å². The molecule has 4 rings (SSSR count). The summed E-state index contributed by atoms with van der Waals surface area (Å²) in [5.74, 6) is -1.59. The molecule has 0 fully saturated rings. The first-order valence-electron chi connectivity index (χ1n) is 11.9. The Kier molecular flexibility index (Phi) is 9.41. The van der Waals surface area contributed by atoms with Gasteiger partial charge in [-0.3, -0.25) is 9.36 Å². The SMILES string of the molecule is CCOP(=O)(OCC)C(Nc1ccc(Sc2cnn(-c3ccccc3)c(=O)c2Cl)cc1)c1ccccc1F. The summed E-state index contributed by atoms with van der Waals surface area (Å²) in [6, 6.07) is 22.2. The predicted octanol–water partition coefficient (Wildman–Crippen LogP) is 7.55. The van der Waals surface area contributed by atoms with Crippen molar-refractivity contribution in [1.82, 2.24) is 9.78 Å². The first-order valence-corrected chi connectivity index (χ1v) is 14.7. The number of aromatic nitrogens is 2. The molecule has 4 aromatic rings. The Morgan fingerprint density at radius 2 is 1.63 bits per heavy atom. The van der Waals surface area contributed by atoms with Gasteiger partial charge in [-0.15, -0.1) is 0 Å². The lowest BCUT2D eigenvalue weighted by atomic mass is 10.2. The van der Waals surface area contributed by atoms with Crippen LogP contribution in [0.5, 0.6) is 0 Å². The second kappa shape index (κ2) is 12.7. The van der Waals surface area contributed by atoms with Crippen LogP contribution in [-0.2, 0) is 13.6 Å². The van der Waals surface area contributed by atoms with Crippen molar-refractivity contribution in [2.24, 2.45) is 0 Å². The van der Waals surface area contributed by atoms with E-state index >= 15 is 0 Å². The molecule has 11 heteroatoms. The monoisotopic (exact) mass is 573 g/mol. The maximum atomic E-state index is 14.7. The van der Waals surface area contributed by atoms with Crippen molar-refractivity contribution in [3.8, 4) is 5.69 Å². The predicted molar refractivity (Wildman–Crippen MR) is 149 cm³/mol. The largest absolute Gasteiger partial charge is 0.368 e. The maximum absolute atomic E-state index is 14.7. The van der Waals surface area contributed by atoms with Crippen molar-refractivity contribution in [2.45, 2.75) is 29.4 Å². The summed E-state index contributed by atoms with van der Waals surface area (Å²) in [6.45, 7) is 3.68. The number of nitrogens with zero attached hydrogens (tertiary/aromatic N) is 2. The van der Waals surface area contributed by atoms with E-state index in [0.717, 1.165) is 4.90 Å². The molecule has 0 bridgehead atoms. The number of hydrogen-bond acceptors (Lipinski definition) is 7. The van der Waals surface area contributed by atoms with E-state index < -0.39 is 24.8 Å². The second-order valence-electron chi connectivity index (χ2n) is 7.95.